The highest BCUT2D eigenvalue weighted by atomic mass is 32.1. The van der Waals surface area contributed by atoms with Crippen LogP contribution in [0.3, 0.4) is 0 Å². The molecule has 2 heterocycles. The average molecular weight is 355 g/mol. The molecule has 0 spiro atoms. The Bertz CT molecular complexity index is 715. The fraction of sp³-hybridized carbons (Fsp3) is 0.381. The van der Waals surface area contributed by atoms with Crippen LogP contribution in [0, 0.1) is 0 Å². The number of benzene rings is 1. The Kier molecular flexibility index (Phi) is 6.05. The zero-order chi connectivity index (χ0) is 17.6. The molecule has 1 amide bonds. The summed E-state index contributed by atoms with van der Waals surface area (Å²) in [4.78, 5) is 15.7. The van der Waals surface area contributed by atoms with Gasteiger partial charge in [0.05, 0.1) is 0 Å². The van der Waals surface area contributed by atoms with E-state index in [4.69, 9.17) is 0 Å². The first-order chi connectivity index (χ1) is 12.2. The maximum absolute atomic E-state index is 12.4. The third-order valence-electron chi connectivity index (χ3n) is 4.83. The van der Waals surface area contributed by atoms with E-state index < -0.39 is 0 Å². The second-order valence-electron chi connectivity index (χ2n) is 6.34. The van der Waals surface area contributed by atoms with Crippen LogP contribution in [-0.2, 0) is 0 Å². The van der Waals surface area contributed by atoms with Crippen molar-refractivity contribution in [3.63, 3.8) is 0 Å². The lowest BCUT2D eigenvalue weighted by Gasteiger charge is -2.25. The van der Waals surface area contributed by atoms with Crippen molar-refractivity contribution >= 4 is 23.3 Å². The lowest BCUT2D eigenvalue weighted by Crippen LogP contribution is -2.30. The lowest BCUT2D eigenvalue weighted by atomic mass is 9.90. The van der Waals surface area contributed by atoms with E-state index in [1.165, 1.54) is 16.0 Å². The second-order valence-corrected chi connectivity index (χ2v) is 7.32. The fourth-order valence-corrected chi connectivity index (χ4v) is 4.23. The molecule has 2 aromatic rings. The van der Waals surface area contributed by atoms with E-state index in [9.17, 15) is 4.79 Å². The van der Waals surface area contributed by atoms with Gasteiger partial charge in [0.25, 0.3) is 5.91 Å². The minimum absolute atomic E-state index is 0.113. The number of nitrogens with one attached hydrogen (secondary N) is 1. The van der Waals surface area contributed by atoms with Gasteiger partial charge in [0.15, 0.2) is 0 Å². The molecule has 1 aliphatic heterocycles. The van der Waals surface area contributed by atoms with Crippen LogP contribution in [0.1, 0.15) is 47.0 Å². The van der Waals surface area contributed by atoms with Gasteiger partial charge in [-0.3, -0.25) is 4.79 Å². The normalized spacial score (nSPS) is 19.1. The molecular formula is C21H26N2OS. The first-order valence-electron chi connectivity index (χ1n) is 9.06. The fourth-order valence-electron chi connectivity index (χ4n) is 3.36. The van der Waals surface area contributed by atoms with Crippen molar-refractivity contribution in [2.75, 3.05) is 26.2 Å². The van der Waals surface area contributed by atoms with Crippen LogP contribution in [0.2, 0.25) is 0 Å². The molecular weight excluding hydrogens is 328 g/mol. The minimum Gasteiger partial charge on any atom is -0.339 e. The van der Waals surface area contributed by atoms with Crippen molar-refractivity contribution in [2.24, 2.45) is 0 Å². The van der Waals surface area contributed by atoms with Gasteiger partial charge in [-0.2, -0.15) is 0 Å². The third kappa shape index (κ3) is 4.20. The van der Waals surface area contributed by atoms with Crippen LogP contribution < -0.4 is 5.32 Å². The molecule has 0 aliphatic carbocycles. The molecule has 0 radical (unpaired) electrons. The van der Waals surface area contributed by atoms with Crippen LogP contribution in [-0.4, -0.2) is 37.0 Å². The number of hydrogen-bond donors (Lipinski definition) is 1. The molecule has 132 valence electrons. The molecule has 1 fully saturated rings. The van der Waals surface area contributed by atoms with Crippen LogP contribution in [0.25, 0.3) is 6.08 Å². The lowest BCUT2D eigenvalue weighted by molar-refractivity contribution is 0.0773. The zero-order valence-electron chi connectivity index (χ0n) is 15.0. The molecule has 0 bridgehead atoms. The summed E-state index contributed by atoms with van der Waals surface area (Å²) in [5.74, 6) is 0.577. The maximum atomic E-state index is 12.4. The van der Waals surface area contributed by atoms with Crippen molar-refractivity contribution in [1.82, 2.24) is 10.2 Å². The SMILES string of the molecule is CCN(CC)C(=O)c1ccc(C=C2CCNCC2c2cccs2)cc1. The Morgan fingerprint density at radius 2 is 2.00 bits per heavy atom. The summed E-state index contributed by atoms with van der Waals surface area (Å²) < 4.78 is 0. The molecule has 3 rings (SSSR count). The third-order valence-corrected chi connectivity index (χ3v) is 5.82. The summed E-state index contributed by atoms with van der Waals surface area (Å²) in [5.41, 5.74) is 3.42. The van der Waals surface area contributed by atoms with Crippen molar-refractivity contribution in [3.05, 3.63) is 63.4 Å². The summed E-state index contributed by atoms with van der Waals surface area (Å²) in [5, 5.41) is 5.65. The summed E-state index contributed by atoms with van der Waals surface area (Å²) in [6.45, 7) is 7.56. The van der Waals surface area contributed by atoms with Crippen molar-refractivity contribution in [1.29, 1.82) is 0 Å². The number of piperidine rings is 1. The molecule has 4 heteroatoms. The molecule has 1 aliphatic rings. The molecule has 1 atom stereocenters. The molecule has 1 aromatic heterocycles. The van der Waals surface area contributed by atoms with E-state index in [0.717, 1.165) is 38.2 Å². The second kappa shape index (κ2) is 8.45. The van der Waals surface area contributed by atoms with Gasteiger partial charge >= 0.3 is 0 Å². The summed E-state index contributed by atoms with van der Waals surface area (Å²) in [6, 6.07) is 12.4. The number of nitrogens with zero attached hydrogens (tertiary/aromatic N) is 1. The monoisotopic (exact) mass is 354 g/mol. The van der Waals surface area contributed by atoms with Crippen LogP contribution in [0.15, 0.2) is 47.4 Å². The van der Waals surface area contributed by atoms with Gasteiger partial charge < -0.3 is 10.2 Å². The molecule has 3 nitrogen and oxygen atoms in total. The van der Waals surface area contributed by atoms with Crippen LogP contribution in [0.4, 0.5) is 0 Å². The Hall–Kier alpha value is -1.91. The minimum atomic E-state index is 0.113. The molecule has 1 aromatic carbocycles. The van der Waals surface area contributed by atoms with Gasteiger partial charge in [-0.1, -0.05) is 29.8 Å². The highest BCUT2D eigenvalue weighted by Crippen LogP contribution is 2.33. The molecule has 0 saturated carbocycles. The van der Waals surface area contributed by atoms with E-state index in [1.54, 1.807) is 0 Å². The molecule has 25 heavy (non-hydrogen) atoms. The topological polar surface area (TPSA) is 32.3 Å². The summed E-state index contributed by atoms with van der Waals surface area (Å²) >= 11 is 1.83. The Morgan fingerprint density at radius 1 is 1.24 bits per heavy atom. The van der Waals surface area contributed by atoms with Crippen molar-refractivity contribution in [3.8, 4) is 0 Å². The van der Waals surface area contributed by atoms with Gasteiger partial charge in [-0.15, -0.1) is 11.3 Å². The van der Waals surface area contributed by atoms with E-state index in [0.29, 0.717) is 5.92 Å². The number of hydrogen-bond acceptors (Lipinski definition) is 3. The van der Waals surface area contributed by atoms with E-state index >= 15 is 0 Å². The van der Waals surface area contributed by atoms with E-state index in [-0.39, 0.29) is 5.91 Å². The van der Waals surface area contributed by atoms with Crippen LogP contribution in [0.5, 0.6) is 0 Å². The van der Waals surface area contributed by atoms with Gasteiger partial charge in [0.1, 0.15) is 0 Å². The van der Waals surface area contributed by atoms with Crippen molar-refractivity contribution < 1.29 is 4.79 Å². The summed E-state index contributed by atoms with van der Waals surface area (Å²) in [6.07, 6.45) is 3.37. The standard InChI is InChI=1S/C21H26N2OS/c1-3-23(4-2)21(24)17-9-7-16(8-10-17)14-18-11-12-22-15-19(18)20-6-5-13-25-20/h5-10,13-14,19,22H,3-4,11-12,15H2,1-2H3. The number of thiophene rings is 1. The molecule has 1 unspecified atom stereocenters. The average Bonchev–Trinajstić information content (AvgIpc) is 3.18. The first-order valence-corrected chi connectivity index (χ1v) is 9.94. The van der Waals surface area contributed by atoms with E-state index in [2.05, 4.69) is 41.0 Å². The van der Waals surface area contributed by atoms with Gasteiger partial charge in [0.2, 0.25) is 0 Å². The van der Waals surface area contributed by atoms with Crippen LogP contribution >= 0.6 is 11.3 Å². The van der Waals surface area contributed by atoms with Gasteiger partial charge in [-0.25, -0.2) is 0 Å². The van der Waals surface area contributed by atoms with Gasteiger partial charge in [0, 0.05) is 36.0 Å². The number of rotatable bonds is 5. The smallest absolute Gasteiger partial charge is 0.253 e. The first kappa shape index (κ1) is 17.9. The maximum Gasteiger partial charge on any atom is 0.253 e. The zero-order valence-corrected chi connectivity index (χ0v) is 15.8. The summed E-state index contributed by atoms with van der Waals surface area (Å²) in [7, 11) is 0. The number of amides is 1. The van der Waals surface area contributed by atoms with Crippen molar-refractivity contribution in [2.45, 2.75) is 26.2 Å². The Labute approximate surface area is 154 Å². The highest BCUT2D eigenvalue weighted by molar-refractivity contribution is 7.10. The Morgan fingerprint density at radius 3 is 2.64 bits per heavy atom. The largest absolute Gasteiger partial charge is 0.339 e. The molecule has 1 saturated heterocycles. The quantitative estimate of drug-likeness (QED) is 0.864. The molecule has 1 N–H and O–H groups in total. The Balaban J connectivity index is 1.79. The van der Waals surface area contributed by atoms with Gasteiger partial charge in [-0.05, 0) is 56.0 Å². The number of carbonyl (C=O) groups excluding carboxylic acids is 1. The van der Waals surface area contributed by atoms with E-state index in [1.807, 2.05) is 42.2 Å². The predicted octanol–water partition coefficient (Wildman–Crippen LogP) is 4.39. The number of carbonyl (C=O) groups is 1. The highest BCUT2D eigenvalue weighted by Gasteiger charge is 2.21. The predicted molar refractivity (Wildman–Crippen MR) is 106 cm³/mol.